The van der Waals surface area contributed by atoms with Gasteiger partial charge in [-0.05, 0) is 24.3 Å². The van der Waals surface area contributed by atoms with Gasteiger partial charge in [0.2, 0.25) is 5.91 Å². The molecule has 5 heteroatoms. The van der Waals surface area contributed by atoms with Gasteiger partial charge >= 0.3 is 0 Å². The molecule has 0 aromatic heterocycles. The third-order valence-corrected chi connectivity index (χ3v) is 2.31. The molecular weight excluding hydrogens is 216 g/mol. The Morgan fingerprint density at radius 1 is 1.53 bits per heavy atom. The minimum absolute atomic E-state index is 0.333. The van der Waals surface area contributed by atoms with E-state index in [4.69, 9.17) is 22.4 Å². The summed E-state index contributed by atoms with van der Waals surface area (Å²) in [4.78, 5) is 13.0. The van der Waals surface area contributed by atoms with E-state index in [0.717, 1.165) is 0 Å². The zero-order valence-electron chi connectivity index (χ0n) is 8.35. The van der Waals surface area contributed by atoms with E-state index in [1.54, 1.807) is 31.3 Å². The summed E-state index contributed by atoms with van der Waals surface area (Å²) >= 11 is 5.72. The standard InChI is InChI=1S/C10H13ClN2O2/c1-13(10(15)9(12)6-14)8-4-2-7(11)3-5-8/h2-5,9,14H,6,12H2,1H3. The summed E-state index contributed by atoms with van der Waals surface area (Å²) < 4.78 is 0. The average Bonchev–Trinajstić information content (AvgIpc) is 2.27. The summed E-state index contributed by atoms with van der Waals surface area (Å²) in [5, 5.41) is 9.35. The molecule has 1 amide bonds. The number of carbonyl (C=O) groups is 1. The van der Waals surface area contributed by atoms with Gasteiger partial charge in [-0.25, -0.2) is 0 Å². The summed E-state index contributed by atoms with van der Waals surface area (Å²) in [6.45, 7) is -0.364. The highest BCUT2D eigenvalue weighted by atomic mass is 35.5. The molecule has 0 spiro atoms. The summed E-state index contributed by atoms with van der Waals surface area (Å²) in [6.07, 6.45) is 0. The fourth-order valence-electron chi connectivity index (χ4n) is 1.12. The molecule has 0 saturated carbocycles. The first-order valence-corrected chi connectivity index (χ1v) is 4.83. The third-order valence-electron chi connectivity index (χ3n) is 2.06. The quantitative estimate of drug-likeness (QED) is 0.797. The lowest BCUT2D eigenvalue weighted by Gasteiger charge is -2.20. The van der Waals surface area contributed by atoms with Crippen molar-refractivity contribution < 1.29 is 9.90 Å². The summed E-state index contributed by atoms with van der Waals surface area (Å²) in [5.74, 6) is -0.333. The van der Waals surface area contributed by atoms with Crippen molar-refractivity contribution in [3.63, 3.8) is 0 Å². The van der Waals surface area contributed by atoms with E-state index >= 15 is 0 Å². The number of aliphatic hydroxyl groups is 1. The first-order chi connectivity index (χ1) is 7.06. The minimum atomic E-state index is -0.884. The number of halogens is 1. The van der Waals surface area contributed by atoms with E-state index in [9.17, 15) is 4.79 Å². The first kappa shape index (κ1) is 12.0. The van der Waals surface area contributed by atoms with Crippen LogP contribution in [0, 0.1) is 0 Å². The molecule has 0 aliphatic heterocycles. The van der Waals surface area contributed by atoms with Crippen LogP contribution >= 0.6 is 11.6 Å². The number of rotatable bonds is 3. The molecule has 0 bridgehead atoms. The van der Waals surface area contributed by atoms with Gasteiger partial charge in [-0.3, -0.25) is 4.79 Å². The normalized spacial score (nSPS) is 12.3. The van der Waals surface area contributed by atoms with Gasteiger partial charge < -0.3 is 15.7 Å². The van der Waals surface area contributed by atoms with Gasteiger partial charge in [0.25, 0.3) is 0 Å². The van der Waals surface area contributed by atoms with Crippen molar-refractivity contribution in [2.75, 3.05) is 18.6 Å². The van der Waals surface area contributed by atoms with Crippen LogP contribution in [0.3, 0.4) is 0 Å². The maximum Gasteiger partial charge on any atom is 0.246 e. The van der Waals surface area contributed by atoms with E-state index in [1.165, 1.54) is 4.90 Å². The van der Waals surface area contributed by atoms with Gasteiger partial charge in [0.05, 0.1) is 6.61 Å². The van der Waals surface area contributed by atoms with Crippen LogP contribution in [0.15, 0.2) is 24.3 Å². The number of hydrogen-bond donors (Lipinski definition) is 2. The smallest absolute Gasteiger partial charge is 0.246 e. The Balaban J connectivity index is 2.80. The van der Waals surface area contributed by atoms with Crippen LogP contribution in [0.1, 0.15) is 0 Å². The number of amides is 1. The summed E-state index contributed by atoms with van der Waals surface area (Å²) in [7, 11) is 1.60. The SMILES string of the molecule is CN(C(=O)C(N)CO)c1ccc(Cl)cc1. The number of nitrogens with two attached hydrogens (primary N) is 1. The molecule has 4 nitrogen and oxygen atoms in total. The Bertz CT molecular complexity index is 340. The molecule has 1 aromatic carbocycles. The molecule has 0 saturated heterocycles. The number of hydrogen-bond acceptors (Lipinski definition) is 3. The predicted octanol–water partition coefficient (Wildman–Crippen LogP) is 0.622. The molecule has 0 heterocycles. The molecule has 1 atom stereocenters. The number of benzene rings is 1. The lowest BCUT2D eigenvalue weighted by molar-refractivity contribution is -0.120. The zero-order chi connectivity index (χ0) is 11.4. The highest BCUT2D eigenvalue weighted by Crippen LogP contribution is 2.17. The molecule has 0 radical (unpaired) electrons. The second-order valence-corrected chi connectivity index (χ2v) is 3.60. The number of carbonyl (C=O) groups excluding carboxylic acids is 1. The van der Waals surface area contributed by atoms with Crippen molar-refractivity contribution >= 4 is 23.2 Å². The molecule has 15 heavy (non-hydrogen) atoms. The number of anilines is 1. The van der Waals surface area contributed by atoms with Gasteiger partial charge in [-0.2, -0.15) is 0 Å². The van der Waals surface area contributed by atoms with Gasteiger partial charge in [0.15, 0.2) is 0 Å². The molecule has 3 N–H and O–H groups in total. The largest absolute Gasteiger partial charge is 0.394 e. The Morgan fingerprint density at radius 3 is 2.53 bits per heavy atom. The van der Waals surface area contributed by atoms with Gasteiger partial charge in [-0.1, -0.05) is 11.6 Å². The van der Waals surface area contributed by atoms with E-state index in [2.05, 4.69) is 0 Å². The highest BCUT2D eigenvalue weighted by Gasteiger charge is 2.17. The Kier molecular flexibility index (Phi) is 4.08. The molecule has 82 valence electrons. The monoisotopic (exact) mass is 228 g/mol. The molecule has 0 fully saturated rings. The van der Waals surface area contributed by atoms with Crippen molar-refractivity contribution in [3.05, 3.63) is 29.3 Å². The van der Waals surface area contributed by atoms with Crippen LogP contribution in [0.25, 0.3) is 0 Å². The Labute approximate surface area is 93.2 Å². The fraction of sp³-hybridized carbons (Fsp3) is 0.300. The van der Waals surface area contributed by atoms with Crippen molar-refractivity contribution in [1.29, 1.82) is 0 Å². The van der Waals surface area contributed by atoms with Crippen LogP contribution < -0.4 is 10.6 Å². The van der Waals surface area contributed by atoms with E-state index in [-0.39, 0.29) is 12.5 Å². The van der Waals surface area contributed by atoms with Crippen molar-refractivity contribution in [3.8, 4) is 0 Å². The highest BCUT2D eigenvalue weighted by molar-refractivity contribution is 6.30. The lowest BCUT2D eigenvalue weighted by atomic mass is 10.2. The Hall–Kier alpha value is -1.10. The topological polar surface area (TPSA) is 66.6 Å². The number of likely N-dealkylation sites (N-methyl/N-ethyl adjacent to an activating group) is 1. The summed E-state index contributed by atoms with van der Waals surface area (Å²) in [5.41, 5.74) is 6.11. The number of nitrogens with zero attached hydrogens (tertiary/aromatic N) is 1. The maximum atomic E-state index is 11.6. The molecule has 0 aliphatic rings. The fourth-order valence-corrected chi connectivity index (χ4v) is 1.24. The van der Waals surface area contributed by atoms with Crippen molar-refractivity contribution in [2.24, 2.45) is 5.73 Å². The maximum absolute atomic E-state index is 11.6. The van der Waals surface area contributed by atoms with Crippen LogP contribution in [0.2, 0.25) is 5.02 Å². The molecule has 1 rings (SSSR count). The second-order valence-electron chi connectivity index (χ2n) is 3.16. The average molecular weight is 229 g/mol. The van der Waals surface area contributed by atoms with E-state index < -0.39 is 6.04 Å². The first-order valence-electron chi connectivity index (χ1n) is 4.46. The van der Waals surface area contributed by atoms with Crippen LogP contribution in [-0.2, 0) is 4.79 Å². The summed E-state index contributed by atoms with van der Waals surface area (Å²) in [6, 6.07) is 5.91. The predicted molar refractivity (Wildman–Crippen MR) is 59.9 cm³/mol. The van der Waals surface area contributed by atoms with Gasteiger partial charge in [0.1, 0.15) is 6.04 Å². The van der Waals surface area contributed by atoms with Crippen LogP contribution in [-0.4, -0.2) is 30.7 Å². The van der Waals surface area contributed by atoms with E-state index in [0.29, 0.717) is 10.7 Å². The molecule has 0 aliphatic carbocycles. The molecule has 1 aromatic rings. The molecule has 1 unspecified atom stereocenters. The van der Waals surface area contributed by atoms with E-state index in [1.807, 2.05) is 0 Å². The van der Waals surface area contributed by atoms with Crippen molar-refractivity contribution in [2.45, 2.75) is 6.04 Å². The Morgan fingerprint density at radius 2 is 2.07 bits per heavy atom. The zero-order valence-corrected chi connectivity index (χ0v) is 9.11. The second kappa shape index (κ2) is 5.11. The van der Waals surface area contributed by atoms with Crippen LogP contribution in [0.4, 0.5) is 5.69 Å². The van der Waals surface area contributed by atoms with Crippen molar-refractivity contribution in [1.82, 2.24) is 0 Å². The molecular formula is C10H13ClN2O2. The van der Waals surface area contributed by atoms with Gasteiger partial charge in [-0.15, -0.1) is 0 Å². The lowest BCUT2D eigenvalue weighted by Crippen LogP contribution is -2.44. The third kappa shape index (κ3) is 2.92. The number of aliphatic hydroxyl groups excluding tert-OH is 1. The minimum Gasteiger partial charge on any atom is -0.394 e. The van der Waals surface area contributed by atoms with Crippen LogP contribution in [0.5, 0.6) is 0 Å². The van der Waals surface area contributed by atoms with Gasteiger partial charge in [0, 0.05) is 17.8 Å².